The van der Waals surface area contributed by atoms with E-state index >= 15 is 0 Å². The Morgan fingerprint density at radius 1 is 1.16 bits per heavy atom. The average Bonchev–Trinajstić information content (AvgIpc) is 2.40. The molecule has 0 radical (unpaired) electrons. The summed E-state index contributed by atoms with van der Waals surface area (Å²) < 4.78 is 5.30. The minimum atomic E-state index is -0.596. The lowest BCUT2D eigenvalue weighted by molar-refractivity contribution is 0.00451. The SMILES string of the molecule is O=c1ccoc2ccc(CC3(O)CCCCC3)cc12. The molecule has 1 heterocycles. The van der Waals surface area contributed by atoms with Gasteiger partial charge in [-0.1, -0.05) is 25.3 Å². The van der Waals surface area contributed by atoms with E-state index in [9.17, 15) is 9.90 Å². The number of benzene rings is 1. The van der Waals surface area contributed by atoms with Crippen molar-refractivity contribution < 1.29 is 9.52 Å². The minimum absolute atomic E-state index is 0.0290. The van der Waals surface area contributed by atoms with E-state index in [1.54, 1.807) is 0 Å². The van der Waals surface area contributed by atoms with Crippen LogP contribution in [0.2, 0.25) is 0 Å². The molecule has 0 aliphatic heterocycles. The normalized spacial score (nSPS) is 18.6. The summed E-state index contributed by atoms with van der Waals surface area (Å²) in [7, 11) is 0. The Morgan fingerprint density at radius 3 is 2.74 bits per heavy atom. The molecule has 1 aromatic carbocycles. The van der Waals surface area contributed by atoms with Crippen LogP contribution < -0.4 is 5.43 Å². The molecular weight excluding hydrogens is 240 g/mol. The minimum Gasteiger partial charge on any atom is -0.464 e. The van der Waals surface area contributed by atoms with E-state index in [1.807, 2.05) is 18.2 Å². The van der Waals surface area contributed by atoms with Gasteiger partial charge in [-0.05, 0) is 30.5 Å². The summed E-state index contributed by atoms with van der Waals surface area (Å²) in [5.41, 5.74) is 0.988. The molecule has 3 heteroatoms. The third kappa shape index (κ3) is 2.56. The smallest absolute Gasteiger partial charge is 0.192 e. The van der Waals surface area contributed by atoms with E-state index in [-0.39, 0.29) is 5.43 Å². The van der Waals surface area contributed by atoms with E-state index in [0.717, 1.165) is 31.2 Å². The van der Waals surface area contributed by atoms with E-state index in [1.165, 1.54) is 18.8 Å². The van der Waals surface area contributed by atoms with Gasteiger partial charge >= 0.3 is 0 Å². The Bertz CT molecular complexity index is 636. The van der Waals surface area contributed by atoms with Gasteiger partial charge in [0, 0.05) is 12.5 Å². The molecule has 1 aliphatic carbocycles. The quantitative estimate of drug-likeness (QED) is 0.900. The van der Waals surface area contributed by atoms with E-state index in [2.05, 4.69) is 0 Å². The average molecular weight is 258 g/mol. The first-order chi connectivity index (χ1) is 9.16. The highest BCUT2D eigenvalue weighted by Crippen LogP contribution is 2.31. The van der Waals surface area contributed by atoms with Gasteiger partial charge in [-0.3, -0.25) is 4.79 Å². The van der Waals surface area contributed by atoms with Gasteiger partial charge in [-0.25, -0.2) is 0 Å². The van der Waals surface area contributed by atoms with Crippen LogP contribution in [0.25, 0.3) is 11.0 Å². The second-order valence-corrected chi connectivity index (χ2v) is 5.58. The second kappa shape index (κ2) is 4.82. The summed E-state index contributed by atoms with van der Waals surface area (Å²) in [5.74, 6) is 0. The lowest BCUT2D eigenvalue weighted by Gasteiger charge is -2.32. The third-order valence-electron chi connectivity index (χ3n) is 4.04. The Labute approximate surface area is 111 Å². The maximum atomic E-state index is 11.8. The van der Waals surface area contributed by atoms with E-state index in [4.69, 9.17) is 4.42 Å². The Hall–Kier alpha value is -1.61. The predicted octanol–water partition coefficient (Wildman–Crippen LogP) is 3.03. The zero-order valence-electron chi connectivity index (χ0n) is 10.9. The topological polar surface area (TPSA) is 50.4 Å². The molecule has 2 aromatic rings. The predicted molar refractivity (Wildman–Crippen MR) is 74.2 cm³/mol. The van der Waals surface area contributed by atoms with Crippen LogP contribution in [-0.2, 0) is 6.42 Å². The van der Waals surface area contributed by atoms with Crippen molar-refractivity contribution in [3.8, 4) is 0 Å². The van der Waals surface area contributed by atoms with Crippen LogP contribution in [0.3, 0.4) is 0 Å². The van der Waals surface area contributed by atoms with Crippen LogP contribution in [-0.4, -0.2) is 10.7 Å². The van der Waals surface area contributed by atoms with Crippen LogP contribution in [0.4, 0.5) is 0 Å². The zero-order valence-corrected chi connectivity index (χ0v) is 10.9. The number of hydrogen-bond acceptors (Lipinski definition) is 3. The second-order valence-electron chi connectivity index (χ2n) is 5.58. The van der Waals surface area contributed by atoms with Crippen molar-refractivity contribution in [3.63, 3.8) is 0 Å². The summed E-state index contributed by atoms with van der Waals surface area (Å²) >= 11 is 0. The Kier molecular flexibility index (Phi) is 3.15. The number of fused-ring (bicyclic) bond motifs is 1. The molecule has 0 spiro atoms. The summed E-state index contributed by atoms with van der Waals surface area (Å²) in [4.78, 5) is 11.8. The molecule has 0 atom stereocenters. The molecule has 3 rings (SSSR count). The van der Waals surface area contributed by atoms with Crippen LogP contribution in [0, 0.1) is 0 Å². The van der Waals surface area contributed by atoms with Gasteiger partial charge < -0.3 is 9.52 Å². The van der Waals surface area contributed by atoms with Crippen LogP contribution >= 0.6 is 0 Å². The van der Waals surface area contributed by atoms with Gasteiger partial charge in [-0.2, -0.15) is 0 Å². The monoisotopic (exact) mass is 258 g/mol. The molecule has 1 N–H and O–H groups in total. The van der Waals surface area contributed by atoms with Crippen molar-refractivity contribution in [2.45, 2.75) is 44.1 Å². The Balaban J connectivity index is 1.93. The fourth-order valence-electron chi connectivity index (χ4n) is 3.01. The van der Waals surface area contributed by atoms with E-state index < -0.39 is 5.60 Å². The number of rotatable bonds is 2. The van der Waals surface area contributed by atoms with Crippen molar-refractivity contribution in [2.75, 3.05) is 0 Å². The molecule has 0 unspecified atom stereocenters. The first kappa shape index (κ1) is 12.4. The first-order valence-corrected chi connectivity index (χ1v) is 6.89. The molecule has 1 fully saturated rings. The molecule has 0 bridgehead atoms. The van der Waals surface area contributed by atoms with Gasteiger partial charge in [0.25, 0.3) is 0 Å². The lowest BCUT2D eigenvalue weighted by atomic mass is 9.80. The maximum Gasteiger partial charge on any atom is 0.192 e. The molecule has 0 amide bonds. The van der Waals surface area contributed by atoms with Crippen molar-refractivity contribution in [1.29, 1.82) is 0 Å². The van der Waals surface area contributed by atoms with Gasteiger partial charge in [0.2, 0.25) is 0 Å². The molecule has 1 saturated carbocycles. The van der Waals surface area contributed by atoms with Gasteiger partial charge in [0.05, 0.1) is 17.3 Å². The van der Waals surface area contributed by atoms with Crippen LogP contribution in [0.5, 0.6) is 0 Å². The summed E-state index contributed by atoms with van der Waals surface area (Å²) in [5, 5.41) is 11.2. The van der Waals surface area contributed by atoms with Crippen molar-refractivity contribution in [1.82, 2.24) is 0 Å². The Morgan fingerprint density at radius 2 is 1.95 bits per heavy atom. The van der Waals surface area contributed by atoms with Gasteiger partial charge in [-0.15, -0.1) is 0 Å². The third-order valence-corrected chi connectivity index (χ3v) is 4.04. The van der Waals surface area contributed by atoms with Gasteiger partial charge in [0.1, 0.15) is 5.58 Å². The molecule has 3 nitrogen and oxygen atoms in total. The van der Waals surface area contributed by atoms with Gasteiger partial charge in [0.15, 0.2) is 5.43 Å². The highest BCUT2D eigenvalue weighted by atomic mass is 16.3. The van der Waals surface area contributed by atoms with Crippen LogP contribution in [0.15, 0.2) is 39.7 Å². The highest BCUT2D eigenvalue weighted by Gasteiger charge is 2.29. The van der Waals surface area contributed by atoms with E-state index in [0.29, 0.717) is 17.4 Å². The number of hydrogen-bond donors (Lipinski definition) is 1. The molecule has 1 aliphatic rings. The first-order valence-electron chi connectivity index (χ1n) is 6.89. The number of aliphatic hydroxyl groups is 1. The summed E-state index contributed by atoms with van der Waals surface area (Å²) in [6.07, 6.45) is 7.14. The molecule has 1 aromatic heterocycles. The van der Waals surface area contributed by atoms with Crippen molar-refractivity contribution in [3.05, 3.63) is 46.3 Å². The van der Waals surface area contributed by atoms with Crippen molar-refractivity contribution >= 4 is 11.0 Å². The highest BCUT2D eigenvalue weighted by molar-refractivity contribution is 5.76. The lowest BCUT2D eigenvalue weighted by Crippen LogP contribution is -2.33. The zero-order chi connectivity index (χ0) is 13.3. The fourth-order valence-corrected chi connectivity index (χ4v) is 3.01. The summed E-state index contributed by atoms with van der Waals surface area (Å²) in [6.45, 7) is 0. The summed E-state index contributed by atoms with van der Waals surface area (Å²) in [6, 6.07) is 7.05. The standard InChI is InChI=1S/C16H18O3/c17-14-6-9-19-15-5-4-12(10-13(14)15)11-16(18)7-2-1-3-8-16/h4-6,9-10,18H,1-3,7-8,11H2. The van der Waals surface area contributed by atoms with Crippen LogP contribution in [0.1, 0.15) is 37.7 Å². The molecule has 19 heavy (non-hydrogen) atoms. The fraction of sp³-hybridized carbons (Fsp3) is 0.438. The maximum absolute atomic E-state index is 11.8. The van der Waals surface area contributed by atoms with Crippen molar-refractivity contribution in [2.24, 2.45) is 0 Å². The largest absolute Gasteiger partial charge is 0.464 e. The molecule has 100 valence electrons. The molecule has 0 saturated heterocycles. The molecular formula is C16H18O3.